The molecule has 29 heavy (non-hydrogen) atoms. The van der Waals surface area contributed by atoms with Crippen LogP contribution >= 0.6 is 7.82 Å². The summed E-state index contributed by atoms with van der Waals surface area (Å²) in [7, 11) is -4.96. The Hall–Kier alpha value is -1.84. The lowest BCUT2D eigenvalue weighted by Crippen LogP contribution is -2.41. The van der Waals surface area contributed by atoms with Crippen LogP contribution in [0.25, 0.3) is 0 Å². The van der Waals surface area contributed by atoms with Crippen molar-refractivity contribution in [1.29, 1.82) is 0 Å². The van der Waals surface area contributed by atoms with Gasteiger partial charge in [0.25, 0.3) is 0 Å². The molecular formula is C19H27O9P. The summed E-state index contributed by atoms with van der Waals surface area (Å²) in [4.78, 5) is 29.6. The van der Waals surface area contributed by atoms with Gasteiger partial charge in [-0.15, -0.1) is 0 Å². The number of aliphatic hydroxyl groups excluding tert-OH is 2. The molecule has 0 saturated heterocycles. The topological polar surface area (TPSA) is 154 Å². The average molecular weight is 430 g/mol. The molecule has 0 aromatic heterocycles. The second kappa shape index (κ2) is 12.0. The SMILES string of the molecule is C[C@](O)(/C=C/[C@H]1CC=CC(=O)O1)[C@@H](C[C@@H](O)\C=C/C=C\C=C\CO)OP(=O)(O)O. The highest BCUT2D eigenvalue weighted by atomic mass is 31.2. The van der Waals surface area contributed by atoms with Gasteiger partial charge in [0.2, 0.25) is 0 Å². The molecule has 10 heteroatoms. The van der Waals surface area contributed by atoms with E-state index in [-0.39, 0.29) is 13.0 Å². The third kappa shape index (κ3) is 11.1. The molecule has 1 aliphatic rings. The molecule has 1 aliphatic heterocycles. The minimum Gasteiger partial charge on any atom is -0.455 e. The van der Waals surface area contributed by atoms with Crippen molar-refractivity contribution >= 4 is 13.8 Å². The van der Waals surface area contributed by atoms with Crippen LogP contribution in [0.1, 0.15) is 19.8 Å². The second-order valence-electron chi connectivity index (χ2n) is 6.47. The number of allylic oxidation sites excluding steroid dienone is 4. The summed E-state index contributed by atoms with van der Waals surface area (Å²) in [6.07, 6.45) is 11.5. The number of esters is 1. The van der Waals surface area contributed by atoms with Gasteiger partial charge in [-0.25, -0.2) is 9.36 Å². The molecule has 0 aromatic carbocycles. The van der Waals surface area contributed by atoms with Crippen LogP contribution < -0.4 is 0 Å². The quantitative estimate of drug-likeness (QED) is 0.140. The molecule has 1 rings (SSSR count). The first kappa shape index (κ1) is 25.2. The summed E-state index contributed by atoms with van der Waals surface area (Å²) in [5, 5.41) is 29.4. The van der Waals surface area contributed by atoms with Crippen LogP contribution in [0.4, 0.5) is 0 Å². The summed E-state index contributed by atoms with van der Waals surface area (Å²) in [5.41, 5.74) is -1.87. The molecule has 0 spiro atoms. The van der Waals surface area contributed by atoms with Gasteiger partial charge in [0.05, 0.1) is 12.7 Å². The van der Waals surface area contributed by atoms with Crippen molar-refractivity contribution in [2.75, 3.05) is 6.61 Å². The Balaban J connectivity index is 2.84. The third-order valence-corrected chi connectivity index (χ3v) is 4.35. The molecule has 0 unspecified atom stereocenters. The van der Waals surface area contributed by atoms with Crippen LogP contribution in [0, 0.1) is 0 Å². The van der Waals surface area contributed by atoms with Crippen molar-refractivity contribution in [1.82, 2.24) is 0 Å². The summed E-state index contributed by atoms with van der Waals surface area (Å²) < 4.78 is 21.0. The maximum absolute atomic E-state index is 11.3. The van der Waals surface area contributed by atoms with Crippen molar-refractivity contribution in [3.05, 3.63) is 60.8 Å². The van der Waals surface area contributed by atoms with Crippen LogP contribution in [0.3, 0.4) is 0 Å². The van der Waals surface area contributed by atoms with E-state index in [0.717, 1.165) is 0 Å². The number of aliphatic hydroxyl groups is 3. The zero-order valence-corrected chi connectivity index (χ0v) is 16.8. The van der Waals surface area contributed by atoms with Crippen LogP contribution in [-0.2, 0) is 18.6 Å². The fourth-order valence-electron chi connectivity index (χ4n) is 2.37. The molecule has 0 aliphatic carbocycles. The van der Waals surface area contributed by atoms with Crippen LogP contribution in [0.15, 0.2) is 60.8 Å². The highest BCUT2D eigenvalue weighted by Crippen LogP contribution is 2.41. The van der Waals surface area contributed by atoms with Crippen LogP contribution in [0.5, 0.6) is 0 Å². The first-order chi connectivity index (χ1) is 13.5. The standard InChI is InChI=1S/C19H27O9P/c1-19(23,12-11-16-9-7-10-18(22)27-16)17(28-29(24,25)26)14-15(21)8-5-3-2-4-6-13-20/h2-8,10-12,15-17,20-21,23H,9,13-14H2,1H3,(H2,24,25,26)/b3-2-,6-4+,8-5-,12-11+/t15-,16+,17+,19-/m0/s1. The van der Waals surface area contributed by atoms with E-state index in [1.807, 2.05) is 0 Å². The van der Waals surface area contributed by atoms with Crippen LogP contribution in [-0.4, -0.2) is 61.6 Å². The van der Waals surface area contributed by atoms with Crippen LogP contribution in [0.2, 0.25) is 0 Å². The molecule has 0 radical (unpaired) electrons. The van der Waals surface area contributed by atoms with E-state index in [2.05, 4.69) is 4.52 Å². The number of hydrogen-bond acceptors (Lipinski definition) is 7. The molecule has 0 bridgehead atoms. The number of ether oxygens (including phenoxy) is 1. The largest absolute Gasteiger partial charge is 0.469 e. The lowest BCUT2D eigenvalue weighted by atomic mass is 9.93. The summed E-state index contributed by atoms with van der Waals surface area (Å²) in [6, 6.07) is 0. The van der Waals surface area contributed by atoms with E-state index < -0.39 is 37.7 Å². The smallest absolute Gasteiger partial charge is 0.455 e. The van der Waals surface area contributed by atoms with Crippen molar-refractivity contribution in [2.45, 2.75) is 43.7 Å². The molecule has 4 atom stereocenters. The third-order valence-electron chi connectivity index (χ3n) is 3.82. The molecule has 0 saturated carbocycles. The predicted octanol–water partition coefficient (Wildman–Crippen LogP) is 1.06. The first-order valence-corrected chi connectivity index (χ1v) is 10.4. The van der Waals surface area contributed by atoms with Gasteiger partial charge in [-0.05, 0) is 13.0 Å². The number of cyclic esters (lactones) is 1. The van der Waals surface area contributed by atoms with E-state index in [0.29, 0.717) is 6.42 Å². The van der Waals surface area contributed by atoms with Gasteiger partial charge in [-0.1, -0.05) is 48.6 Å². The fraction of sp³-hybridized carbons (Fsp3) is 0.421. The Bertz CT molecular complexity index is 715. The molecule has 0 aromatic rings. The monoisotopic (exact) mass is 430 g/mol. The molecule has 5 N–H and O–H groups in total. The van der Waals surface area contributed by atoms with Gasteiger partial charge >= 0.3 is 13.8 Å². The Morgan fingerprint density at radius 3 is 2.66 bits per heavy atom. The Labute approximate surface area is 169 Å². The average Bonchev–Trinajstić information content (AvgIpc) is 2.61. The van der Waals surface area contributed by atoms with Gasteiger partial charge in [-0.3, -0.25) is 4.52 Å². The van der Waals surface area contributed by atoms with Crippen molar-refractivity contribution in [3.8, 4) is 0 Å². The van der Waals surface area contributed by atoms with E-state index >= 15 is 0 Å². The first-order valence-electron chi connectivity index (χ1n) is 8.85. The van der Waals surface area contributed by atoms with Crippen molar-refractivity contribution < 1.29 is 43.7 Å². The van der Waals surface area contributed by atoms with E-state index in [1.165, 1.54) is 43.4 Å². The van der Waals surface area contributed by atoms with Gasteiger partial charge < -0.3 is 29.8 Å². The maximum Gasteiger partial charge on any atom is 0.469 e. The second-order valence-corrected chi connectivity index (χ2v) is 7.66. The van der Waals surface area contributed by atoms with Crippen molar-refractivity contribution in [2.24, 2.45) is 0 Å². The summed E-state index contributed by atoms with van der Waals surface area (Å²) in [6.45, 7) is 1.16. The number of rotatable bonds is 11. The lowest BCUT2D eigenvalue weighted by molar-refractivity contribution is -0.141. The molecule has 0 fully saturated rings. The van der Waals surface area contributed by atoms with Crippen molar-refractivity contribution in [3.63, 3.8) is 0 Å². The fourth-order valence-corrected chi connectivity index (χ4v) is 3.01. The van der Waals surface area contributed by atoms with E-state index in [9.17, 15) is 19.6 Å². The summed E-state index contributed by atoms with van der Waals surface area (Å²) >= 11 is 0. The zero-order chi connectivity index (χ0) is 21.9. The summed E-state index contributed by atoms with van der Waals surface area (Å²) in [5.74, 6) is -0.531. The highest BCUT2D eigenvalue weighted by molar-refractivity contribution is 7.46. The maximum atomic E-state index is 11.3. The zero-order valence-electron chi connectivity index (χ0n) is 15.9. The number of hydrogen-bond donors (Lipinski definition) is 5. The normalized spacial score (nSPS) is 22.6. The number of carbonyl (C=O) groups is 1. The lowest BCUT2D eigenvalue weighted by Gasteiger charge is -2.31. The van der Waals surface area contributed by atoms with E-state index in [4.69, 9.17) is 19.6 Å². The molecule has 162 valence electrons. The highest BCUT2D eigenvalue weighted by Gasteiger charge is 2.37. The number of phosphoric ester groups is 1. The van der Waals surface area contributed by atoms with Gasteiger partial charge in [0, 0.05) is 18.9 Å². The van der Waals surface area contributed by atoms with Gasteiger partial charge in [0.15, 0.2) is 0 Å². The Kier molecular flexibility index (Phi) is 10.4. The molecule has 0 amide bonds. The molecular weight excluding hydrogens is 403 g/mol. The van der Waals surface area contributed by atoms with Gasteiger partial charge in [0.1, 0.15) is 17.8 Å². The predicted molar refractivity (Wildman–Crippen MR) is 105 cm³/mol. The minimum atomic E-state index is -4.96. The van der Waals surface area contributed by atoms with E-state index in [1.54, 1.807) is 24.3 Å². The Morgan fingerprint density at radius 2 is 2.03 bits per heavy atom. The van der Waals surface area contributed by atoms with Gasteiger partial charge in [-0.2, -0.15) is 0 Å². The Morgan fingerprint density at radius 1 is 1.34 bits per heavy atom. The minimum absolute atomic E-state index is 0.100. The number of carbonyl (C=O) groups excluding carboxylic acids is 1. The molecule has 1 heterocycles. The molecule has 9 nitrogen and oxygen atoms in total. The number of phosphoric acid groups is 1.